The van der Waals surface area contributed by atoms with E-state index in [0.717, 1.165) is 83.1 Å². The molecule has 0 aromatic carbocycles. The average Bonchev–Trinajstić information content (AvgIpc) is 0.909. The first kappa shape index (κ1) is 123. The number of amides is 4. The van der Waals surface area contributed by atoms with Crippen molar-refractivity contribution in [2.75, 3.05) is 138 Å². The summed E-state index contributed by atoms with van der Waals surface area (Å²) in [4.78, 5) is 215. The number of hydrogen-bond donors (Lipinski definition) is 9. The van der Waals surface area contributed by atoms with Crippen molar-refractivity contribution in [3.63, 3.8) is 0 Å². The van der Waals surface area contributed by atoms with E-state index in [4.69, 9.17) is 114 Å². The van der Waals surface area contributed by atoms with Crippen LogP contribution in [-0.4, -0.2) is 423 Å². The molecule has 4 amide bonds. The number of aromatic nitrogens is 6. The van der Waals surface area contributed by atoms with Gasteiger partial charge in [-0.25, -0.2) is 9.36 Å². The quantitative estimate of drug-likeness (QED) is 0.0170. The fraction of sp³-hybridized carbons (Fsp3) is 0.722. The number of nitrogens with zero attached hydrogens (tertiary/aromatic N) is 10. The van der Waals surface area contributed by atoms with Gasteiger partial charge in [0.1, 0.15) is 81.1 Å². The Morgan fingerprint density at radius 2 is 0.627 bits per heavy atom. The van der Waals surface area contributed by atoms with Crippen LogP contribution in [0, 0.1) is 0 Å². The molecule has 8 rings (SSSR count). The molecule has 0 unspecified atom stereocenters. The summed E-state index contributed by atoms with van der Waals surface area (Å²) in [5, 5.41) is 42.9. The molecule has 6 aliphatic heterocycles. The van der Waals surface area contributed by atoms with Crippen LogP contribution in [0.15, 0.2) is 36.2 Å². The van der Waals surface area contributed by atoms with Crippen LogP contribution >= 0.6 is 0 Å². The predicted octanol–water partition coefficient (Wildman–Crippen LogP) is -5.11. The van der Waals surface area contributed by atoms with E-state index < -0.39 is 256 Å². The Bertz CT molecular complexity index is 4860. The minimum atomic E-state index is -1.37. The number of carbonyl (C=O) groups is 17. The van der Waals surface area contributed by atoms with Gasteiger partial charge in [0.25, 0.3) is 0 Å². The average molecular weight is 2140 g/mol. The van der Waals surface area contributed by atoms with E-state index in [-0.39, 0.29) is 138 Å². The summed E-state index contributed by atoms with van der Waals surface area (Å²) in [7, 11) is 0. The largest absolute Gasteiger partial charge is 0.480 e. The maximum Gasteiger partial charge on any atom is 0.320 e. The van der Waals surface area contributed by atoms with E-state index in [2.05, 4.69) is 68.7 Å². The molecule has 9 N–H and O–H groups in total. The van der Waals surface area contributed by atoms with Crippen LogP contribution < -0.4 is 43.2 Å². The molecule has 4 fully saturated rings. The van der Waals surface area contributed by atoms with Gasteiger partial charge in [-0.2, -0.15) is 0 Å². The smallest absolute Gasteiger partial charge is 0.320 e. The van der Waals surface area contributed by atoms with E-state index in [1.165, 1.54) is 32.4 Å². The van der Waals surface area contributed by atoms with E-state index in [9.17, 15) is 86.6 Å². The third-order valence-corrected chi connectivity index (χ3v) is 22.2. The molecule has 0 aliphatic carbocycles. The molecule has 0 saturated carbocycles. The molecule has 4 saturated heterocycles. The SMILES string of the molecule is CC(=O)N[C@H]1[C@H](OCCOCCN2C=C(CN(CCCC[C@@H](C(=O)O)N(CC3=CN(CCOCCO[C@@H]4O[C@H](COC(C)=O)[C@H](OC(C)=O)[C@H](OC(C)=O)[C@H]4NC(C)=O)NN3)Cc3cn(CCOCCO[C@@H]4O[C@H](COC(C)=O)[C@H](OC(C)=O)[C@H](OC(C)=O)[C@H]4NC(C)=O)nn3)Cc3cn(CCOCCO[C@@H]4O[C@H](COC(C)=O)[C@H](OC(C)=O)[C@H](OC(C)=O)[C@H]4NC(C)=O)nn3)NN2)O[C@H](COC(C)=O)[C@H](OC(C)=O)[C@@H]1OC(C)=O. The van der Waals surface area contributed by atoms with Gasteiger partial charge in [-0.05, 0) is 19.4 Å². The molecule has 840 valence electrons. The number of carboxylic acid groups (broad SMARTS) is 1. The van der Waals surface area contributed by atoms with Crippen LogP contribution in [0.5, 0.6) is 0 Å². The highest BCUT2D eigenvalue weighted by Gasteiger charge is 2.56. The predicted molar refractivity (Wildman–Crippen MR) is 496 cm³/mol. The minimum Gasteiger partial charge on any atom is -0.480 e. The standard InChI is InChI=1S/C90H138N18O42/c1-49(109)91-74-82(143-61(13)121)78(139-57(9)117)70(45-135-53(5)113)147-87(74)131-33-29-127-25-21-105-41-65(95-99-105)37-103(38-66-42-106(100-96-66)22-26-128-30-34-132-88-75(92-50(2)110)83(144-62(14)122)79(140-58(10)118)71(148-88)46-136-54(6)114)20-18-17-19-69(86(125)126)104(39-67-43-107(101-97-67)23-27-129-31-35-133-89-76(93-51(3)111)84(145-63(15)123)80(141-59(11)119)72(149-89)47-137-55(7)115)40-68-44-108(102-98-68)24-28-130-32-36-134-90-77(94-52(4)112)85(146-64(16)124)81(142-60(12)120)73(150-90)48-138-56(8)116/h41-44,69-85,87-90,95,97,99,101H,17-40,45-48H2,1-16H3,(H,91,109)(H,92,110)(H,93,111)(H,94,112)(H,125,126)/t69-,70+,71+,72+,73+,74+,75+,76+,77+,78-,79-,80-,81-,82+,83+,84+,85+,87+,88+,89+,90+/m0/s1. The zero-order valence-electron chi connectivity index (χ0n) is 86.4. The molecule has 60 heteroatoms. The Balaban J connectivity index is 0.972. The van der Waals surface area contributed by atoms with Gasteiger partial charge >= 0.3 is 77.6 Å². The van der Waals surface area contributed by atoms with E-state index in [1.807, 2.05) is 6.20 Å². The molecule has 6 aliphatic rings. The Morgan fingerprint density at radius 3 is 0.907 bits per heavy atom. The van der Waals surface area contributed by atoms with Gasteiger partial charge in [0.2, 0.25) is 23.6 Å². The van der Waals surface area contributed by atoms with Crippen LogP contribution in [0.4, 0.5) is 0 Å². The zero-order valence-corrected chi connectivity index (χ0v) is 86.4. The first-order valence-corrected chi connectivity index (χ1v) is 48.2. The first-order valence-electron chi connectivity index (χ1n) is 48.2. The van der Waals surface area contributed by atoms with E-state index >= 15 is 0 Å². The molecule has 2 aromatic rings. The number of hydrogen-bond acceptors (Lipinski definition) is 53. The van der Waals surface area contributed by atoms with Crippen LogP contribution in [0.25, 0.3) is 0 Å². The summed E-state index contributed by atoms with van der Waals surface area (Å²) in [6.45, 7) is 17.3. The minimum absolute atomic E-state index is 0.0185. The number of carbonyl (C=O) groups excluding carboxylic acids is 16. The van der Waals surface area contributed by atoms with Gasteiger partial charge in [-0.3, -0.25) is 101 Å². The molecule has 2 aromatic heterocycles. The Morgan fingerprint density at radius 1 is 0.347 bits per heavy atom. The highest BCUT2D eigenvalue weighted by atomic mass is 16.8. The molecule has 0 spiro atoms. The summed E-state index contributed by atoms with van der Waals surface area (Å²) in [6.07, 6.45) is -13.4. The second-order valence-electron chi connectivity index (χ2n) is 34.9. The van der Waals surface area contributed by atoms with Crippen molar-refractivity contribution in [3.05, 3.63) is 47.6 Å². The third-order valence-electron chi connectivity index (χ3n) is 22.2. The van der Waals surface area contributed by atoms with Crippen LogP contribution in [0.1, 0.15) is 141 Å². The number of ether oxygens (including phenoxy) is 24. The number of carboxylic acids is 1. The Kier molecular flexibility index (Phi) is 51.3. The number of esters is 12. The second kappa shape index (κ2) is 62.8. The van der Waals surface area contributed by atoms with Gasteiger partial charge in [-0.1, -0.05) is 16.8 Å². The lowest BCUT2D eigenvalue weighted by Crippen LogP contribution is -2.66. The number of nitrogens with one attached hydrogen (secondary N) is 8. The van der Waals surface area contributed by atoms with Crippen molar-refractivity contribution in [1.82, 2.24) is 93.0 Å². The van der Waals surface area contributed by atoms with E-state index in [0.29, 0.717) is 42.2 Å². The fourth-order valence-corrected chi connectivity index (χ4v) is 16.4. The van der Waals surface area contributed by atoms with Crippen LogP contribution in [0.3, 0.4) is 0 Å². The topological polar surface area (TPSA) is 703 Å². The van der Waals surface area contributed by atoms with Crippen molar-refractivity contribution in [2.24, 2.45) is 0 Å². The summed E-state index contributed by atoms with van der Waals surface area (Å²) in [5.41, 5.74) is 14.5. The molecule has 8 heterocycles. The second-order valence-corrected chi connectivity index (χ2v) is 34.9. The number of aliphatic carboxylic acids is 1. The first-order chi connectivity index (χ1) is 71.3. The lowest BCUT2D eigenvalue weighted by Gasteiger charge is -2.44. The van der Waals surface area contributed by atoms with Gasteiger partial charge in [-0.15, -0.1) is 21.3 Å². The van der Waals surface area contributed by atoms with Crippen LogP contribution in [-0.2, 0) is 221 Å². The highest BCUT2D eigenvalue weighted by Crippen LogP contribution is 2.34. The summed E-state index contributed by atoms with van der Waals surface area (Å²) < 4.78 is 141. The Hall–Kier alpha value is -12.7. The van der Waals surface area contributed by atoms with Crippen molar-refractivity contribution < 1.29 is 200 Å². The molecule has 150 heavy (non-hydrogen) atoms. The third kappa shape index (κ3) is 43.0. The fourth-order valence-electron chi connectivity index (χ4n) is 16.4. The van der Waals surface area contributed by atoms with Gasteiger partial charge in [0.05, 0.1) is 128 Å². The summed E-state index contributed by atoms with van der Waals surface area (Å²) in [5.74, 6) is -12.6. The number of hydrazine groups is 4. The lowest BCUT2D eigenvalue weighted by molar-refractivity contribution is -0.279. The summed E-state index contributed by atoms with van der Waals surface area (Å²) in [6, 6.07) is -6.08. The highest BCUT2D eigenvalue weighted by molar-refractivity contribution is 5.77. The summed E-state index contributed by atoms with van der Waals surface area (Å²) >= 11 is 0. The maximum absolute atomic E-state index is 13.9. The van der Waals surface area contributed by atoms with Gasteiger partial charge in [0, 0.05) is 162 Å². The maximum atomic E-state index is 13.9. The molecular weight excluding hydrogens is 2010 g/mol. The molecule has 0 bridgehead atoms. The molecule has 60 nitrogen and oxygen atoms in total. The zero-order chi connectivity index (χ0) is 110. The van der Waals surface area contributed by atoms with Gasteiger partial charge in [0.15, 0.2) is 74.0 Å². The van der Waals surface area contributed by atoms with Crippen molar-refractivity contribution in [3.8, 4) is 0 Å². The number of unbranched alkanes of at least 4 members (excludes halogenated alkanes) is 1. The van der Waals surface area contributed by atoms with Crippen molar-refractivity contribution >= 4 is 101 Å². The van der Waals surface area contributed by atoms with E-state index in [1.54, 1.807) is 38.2 Å². The monoisotopic (exact) mass is 2140 g/mol. The molecule has 21 atom stereocenters. The Labute approximate surface area is 862 Å². The number of rotatable bonds is 63. The van der Waals surface area contributed by atoms with Crippen LogP contribution in [0.2, 0.25) is 0 Å². The molecule has 0 radical (unpaired) electrons. The molecular formula is C90H138N18O42. The van der Waals surface area contributed by atoms with Gasteiger partial charge < -0.3 is 151 Å². The lowest BCUT2D eigenvalue weighted by atomic mass is 9.96. The normalized spacial score (nSPS) is 24.6. The van der Waals surface area contributed by atoms with Crippen molar-refractivity contribution in [2.45, 2.75) is 285 Å². The van der Waals surface area contributed by atoms with Crippen molar-refractivity contribution in [1.29, 1.82) is 0 Å².